The van der Waals surface area contributed by atoms with Crippen LogP contribution in [0.1, 0.15) is 23.5 Å². The molecule has 0 spiro atoms. The van der Waals surface area contributed by atoms with Gasteiger partial charge in [0.15, 0.2) is 5.69 Å². The van der Waals surface area contributed by atoms with Crippen LogP contribution in [0.25, 0.3) is 10.9 Å². The van der Waals surface area contributed by atoms with Crippen LogP contribution in [0.2, 0.25) is 0 Å². The minimum Gasteiger partial charge on any atom is -0.397 e. The van der Waals surface area contributed by atoms with Gasteiger partial charge >= 0.3 is 0 Å². The molecule has 214 valence electrons. The van der Waals surface area contributed by atoms with Crippen molar-refractivity contribution in [1.82, 2.24) is 24.2 Å². The molecule has 2 fully saturated rings. The maximum absolute atomic E-state index is 13.5. The summed E-state index contributed by atoms with van der Waals surface area (Å²) in [5, 5.41) is 3.81. The number of pyridine rings is 2. The maximum atomic E-state index is 13.5. The lowest BCUT2D eigenvalue weighted by Gasteiger charge is -2.44. The highest BCUT2D eigenvalue weighted by Crippen LogP contribution is 2.34. The van der Waals surface area contributed by atoms with Crippen LogP contribution in [-0.4, -0.2) is 81.9 Å². The summed E-state index contributed by atoms with van der Waals surface area (Å²) in [7, 11) is 3.83. The van der Waals surface area contributed by atoms with E-state index in [1.54, 1.807) is 23.4 Å². The zero-order valence-corrected chi connectivity index (χ0v) is 23.6. The quantitative estimate of drug-likeness (QED) is 0.338. The van der Waals surface area contributed by atoms with Crippen molar-refractivity contribution < 1.29 is 9.59 Å². The summed E-state index contributed by atoms with van der Waals surface area (Å²) < 4.78 is 4.24. The van der Waals surface area contributed by atoms with Crippen LogP contribution in [0, 0.1) is 5.92 Å². The first-order valence-electron chi connectivity index (χ1n) is 13.8. The SMILES string of the molecule is C[C@H]1CN(c2ccncc2NC(=O)c2nc3cc(N4CCN(C)C(=O)C4)ccc3cc2N)C[C@@H](N)[C@H]1n1ccn1C. The number of carbonyl (C=O) groups is 2. The van der Waals surface area contributed by atoms with E-state index in [0.717, 1.165) is 29.9 Å². The Bertz CT molecular complexity index is 1600. The van der Waals surface area contributed by atoms with E-state index < -0.39 is 5.91 Å². The van der Waals surface area contributed by atoms with Gasteiger partial charge in [-0.2, -0.15) is 0 Å². The average Bonchev–Trinajstić information content (AvgIpc) is 2.95. The number of amides is 2. The number of benzene rings is 1. The molecular formula is C29H36N10O2. The van der Waals surface area contributed by atoms with E-state index in [4.69, 9.17) is 11.5 Å². The Morgan fingerprint density at radius 2 is 1.90 bits per heavy atom. The van der Waals surface area contributed by atoms with Gasteiger partial charge in [-0.25, -0.2) is 4.98 Å². The van der Waals surface area contributed by atoms with Gasteiger partial charge in [-0.1, -0.05) is 13.0 Å². The smallest absolute Gasteiger partial charge is 0.276 e. The molecular weight excluding hydrogens is 520 g/mol. The van der Waals surface area contributed by atoms with Crippen molar-refractivity contribution in [3.8, 4) is 0 Å². The van der Waals surface area contributed by atoms with Crippen LogP contribution in [-0.2, 0) is 11.8 Å². The molecule has 1 aromatic carbocycles. The number of hydrogen-bond donors (Lipinski definition) is 3. The summed E-state index contributed by atoms with van der Waals surface area (Å²) in [5.41, 5.74) is 16.3. The van der Waals surface area contributed by atoms with Gasteiger partial charge in [-0.15, -0.1) is 0 Å². The Balaban J connectivity index is 1.23. The largest absolute Gasteiger partial charge is 0.397 e. The van der Waals surface area contributed by atoms with Crippen molar-refractivity contribution in [2.75, 3.05) is 60.6 Å². The van der Waals surface area contributed by atoms with Crippen molar-refractivity contribution in [2.24, 2.45) is 18.7 Å². The van der Waals surface area contributed by atoms with E-state index in [0.29, 0.717) is 30.8 Å². The van der Waals surface area contributed by atoms with Crippen LogP contribution in [0.3, 0.4) is 0 Å². The zero-order valence-electron chi connectivity index (χ0n) is 23.6. The standard InChI is InChI=1S/C29H36N10O2/c1-18-15-38(16-22(31)28(18)39-11-9-36(39)3)25-6-7-32-14-24(25)34-29(41)27-21(30)12-19-4-5-20(13-23(19)33-27)37-10-8-35(2)26(40)17-37/h4-7,9,11-14,18,22,28H,8,10,15-17,30-31H2,1-3H3,(H,34,41)/t18-,22+,28-/m0/s1. The molecule has 0 unspecified atom stereocenters. The van der Waals surface area contributed by atoms with Crippen molar-refractivity contribution >= 4 is 45.5 Å². The Labute approximate surface area is 238 Å². The minimum absolute atomic E-state index is 0.0678. The molecule has 12 nitrogen and oxygen atoms in total. The van der Waals surface area contributed by atoms with Crippen molar-refractivity contribution in [1.29, 1.82) is 0 Å². The number of likely N-dealkylation sites (N-methyl/N-ethyl adjacent to an activating group) is 1. The second kappa shape index (κ2) is 10.4. The number of nitrogens with one attached hydrogen (secondary N) is 1. The average molecular weight is 557 g/mol. The second-order valence-corrected chi connectivity index (χ2v) is 11.2. The lowest BCUT2D eigenvalue weighted by molar-refractivity contribution is -0.129. The van der Waals surface area contributed by atoms with Crippen LogP contribution in [0.5, 0.6) is 0 Å². The van der Waals surface area contributed by atoms with Crippen LogP contribution in [0.15, 0.2) is 55.1 Å². The van der Waals surface area contributed by atoms with Crippen molar-refractivity contribution in [3.63, 3.8) is 0 Å². The predicted molar refractivity (Wildman–Crippen MR) is 160 cm³/mol. The molecule has 5 N–H and O–H groups in total. The number of anilines is 4. The van der Waals surface area contributed by atoms with Crippen LogP contribution in [0.4, 0.5) is 22.7 Å². The molecule has 2 aliphatic rings. The maximum Gasteiger partial charge on any atom is 0.276 e. The second-order valence-electron chi connectivity index (χ2n) is 11.2. The fourth-order valence-electron chi connectivity index (χ4n) is 6.02. The van der Waals surface area contributed by atoms with E-state index in [1.807, 2.05) is 49.5 Å². The number of nitrogens with two attached hydrogens (primary N) is 2. The van der Waals surface area contributed by atoms with Gasteiger partial charge < -0.3 is 31.5 Å². The van der Waals surface area contributed by atoms with Crippen LogP contribution >= 0.6 is 0 Å². The molecule has 6 rings (SSSR count). The van der Waals surface area contributed by atoms with Gasteiger partial charge in [0.2, 0.25) is 5.91 Å². The van der Waals surface area contributed by atoms with Crippen LogP contribution < -0.4 is 26.6 Å². The Hall–Kier alpha value is -4.58. The molecule has 0 saturated carbocycles. The number of nitrogen functional groups attached to an aromatic ring is 1. The number of piperidine rings is 1. The lowest BCUT2D eigenvalue weighted by Crippen LogP contribution is -2.54. The van der Waals surface area contributed by atoms with E-state index in [-0.39, 0.29) is 35.3 Å². The number of carbonyl (C=O) groups excluding carboxylic acids is 2. The summed E-state index contributed by atoms with van der Waals surface area (Å²) in [4.78, 5) is 40.6. The number of aromatic nitrogens is 4. The van der Waals surface area contributed by atoms with Gasteiger partial charge in [-0.3, -0.25) is 23.9 Å². The third kappa shape index (κ3) is 4.95. The topological polar surface area (TPSA) is 144 Å². The highest BCUT2D eigenvalue weighted by molar-refractivity contribution is 6.09. The summed E-state index contributed by atoms with van der Waals surface area (Å²) in [6.45, 7) is 5.29. The normalized spacial score (nSPS) is 21.5. The Kier molecular flexibility index (Phi) is 6.78. The number of rotatable bonds is 5. The summed E-state index contributed by atoms with van der Waals surface area (Å²) in [6.07, 6.45) is 7.43. The molecule has 5 heterocycles. The zero-order chi connectivity index (χ0) is 28.8. The number of hydrogen-bond acceptors (Lipinski definition) is 8. The lowest BCUT2D eigenvalue weighted by atomic mass is 9.89. The first kappa shape index (κ1) is 26.6. The van der Waals surface area contributed by atoms with E-state index in [1.165, 1.54) is 0 Å². The molecule has 0 aliphatic carbocycles. The van der Waals surface area contributed by atoms with Gasteiger partial charge in [0.1, 0.15) is 0 Å². The van der Waals surface area contributed by atoms with E-state index in [9.17, 15) is 9.59 Å². The van der Waals surface area contributed by atoms with Crippen molar-refractivity contribution in [3.05, 3.63) is 60.8 Å². The van der Waals surface area contributed by atoms with Gasteiger partial charge in [0.25, 0.3) is 5.91 Å². The molecule has 2 saturated heterocycles. The summed E-state index contributed by atoms with van der Waals surface area (Å²) >= 11 is 0. The monoisotopic (exact) mass is 556 g/mol. The molecule has 2 amide bonds. The number of nitrogens with zero attached hydrogens (tertiary/aromatic N) is 7. The van der Waals surface area contributed by atoms with Gasteiger partial charge in [0, 0.05) is 76.0 Å². The third-order valence-electron chi connectivity index (χ3n) is 8.32. The highest BCUT2D eigenvalue weighted by Gasteiger charge is 2.35. The summed E-state index contributed by atoms with van der Waals surface area (Å²) in [6, 6.07) is 9.52. The van der Waals surface area contributed by atoms with E-state index >= 15 is 0 Å². The Morgan fingerprint density at radius 1 is 1.07 bits per heavy atom. The summed E-state index contributed by atoms with van der Waals surface area (Å²) in [5.74, 6) is -0.0675. The molecule has 12 heteroatoms. The first-order valence-corrected chi connectivity index (χ1v) is 13.8. The fourth-order valence-corrected chi connectivity index (χ4v) is 6.02. The number of aryl methyl sites for hydroxylation is 1. The molecule has 3 atom stereocenters. The molecule has 41 heavy (non-hydrogen) atoms. The van der Waals surface area contributed by atoms with Gasteiger partial charge in [0.05, 0.1) is 41.4 Å². The third-order valence-corrected chi connectivity index (χ3v) is 8.32. The fraction of sp³-hybridized carbons (Fsp3) is 0.379. The van der Waals surface area contributed by atoms with Crippen molar-refractivity contribution in [2.45, 2.75) is 19.0 Å². The number of piperazine rings is 1. The highest BCUT2D eigenvalue weighted by atomic mass is 16.2. The first-order chi connectivity index (χ1) is 19.7. The Morgan fingerprint density at radius 3 is 2.61 bits per heavy atom. The predicted octanol–water partition coefficient (Wildman–Crippen LogP) is 1.91. The molecule has 2 aliphatic heterocycles. The van der Waals surface area contributed by atoms with Gasteiger partial charge in [-0.05, 0) is 30.2 Å². The molecule has 0 bridgehead atoms. The van der Waals surface area contributed by atoms with E-state index in [2.05, 4.69) is 42.7 Å². The molecule has 4 aromatic rings. The molecule has 3 aromatic heterocycles. The number of fused-ring (bicyclic) bond motifs is 1. The minimum atomic E-state index is -0.418. The molecule has 0 radical (unpaired) electrons.